The van der Waals surface area contributed by atoms with Crippen molar-refractivity contribution in [3.8, 4) is 0 Å². The third-order valence-electron chi connectivity index (χ3n) is 4.36. The summed E-state index contributed by atoms with van der Waals surface area (Å²) >= 11 is 0. The Morgan fingerprint density at radius 1 is 0.950 bits per heavy atom. The van der Waals surface area contributed by atoms with E-state index in [2.05, 4.69) is 37.4 Å². The molecule has 0 atom stereocenters. The molecule has 0 unspecified atom stereocenters. The molecule has 0 fully saturated rings. The van der Waals surface area contributed by atoms with Crippen LogP contribution in [-0.4, -0.2) is 12.6 Å². The third-order valence-corrected chi connectivity index (χ3v) is 4.36. The van der Waals surface area contributed by atoms with Crippen molar-refractivity contribution in [1.82, 2.24) is 5.32 Å². The Kier molecular flexibility index (Phi) is 6.59. The van der Waals surface area contributed by atoms with Crippen LogP contribution in [0.15, 0.2) is 18.2 Å². The Morgan fingerprint density at radius 3 is 2.50 bits per heavy atom. The summed E-state index contributed by atoms with van der Waals surface area (Å²) in [7, 11) is 0. The van der Waals surface area contributed by atoms with Crippen LogP contribution in [0.4, 0.5) is 0 Å². The average molecular weight is 273 g/mol. The first-order valence-electron chi connectivity index (χ1n) is 8.60. The summed E-state index contributed by atoms with van der Waals surface area (Å²) in [6.07, 6.45) is 12.1. The van der Waals surface area contributed by atoms with Crippen LogP contribution in [0.2, 0.25) is 0 Å². The number of benzene rings is 1. The Hall–Kier alpha value is -0.820. The Morgan fingerprint density at radius 2 is 1.70 bits per heavy atom. The quantitative estimate of drug-likeness (QED) is 0.679. The van der Waals surface area contributed by atoms with Gasteiger partial charge in [0.1, 0.15) is 0 Å². The van der Waals surface area contributed by atoms with E-state index in [0.29, 0.717) is 6.04 Å². The molecule has 20 heavy (non-hydrogen) atoms. The minimum Gasteiger partial charge on any atom is -0.315 e. The largest absolute Gasteiger partial charge is 0.315 e. The van der Waals surface area contributed by atoms with Gasteiger partial charge in [-0.3, -0.25) is 0 Å². The predicted molar refractivity (Wildman–Crippen MR) is 88.4 cm³/mol. The molecular weight excluding hydrogens is 242 g/mol. The highest BCUT2D eigenvalue weighted by Gasteiger charge is 2.09. The maximum Gasteiger partial charge on any atom is 0.00103 e. The highest BCUT2D eigenvalue weighted by Crippen LogP contribution is 2.23. The topological polar surface area (TPSA) is 12.0 Å². The Labute approximate surface area is 125 Å². The number of nitrogens with one attached hydrogen (secondary N) is 1. The van der Waals surface area contributed by atoms with E-state index in [4.69, 9.17) is 0 Å². The van der Waals surface area contributed by atoms with Crippen molar-refractivity contribution in [3.05, 3.63) is 34.9 Å². The molecule has 1 N–H and O–H groups in total. The van der Waals surface area contributed by atoms with Gasteiger partial charge in [0, 0.05) is 6.04 Å². The van der Waals surface area contributed by atoms with Crippen molar-refractivity contribution in [1.29, 1.82) is 0 Å². The highest BCUT2D eigenvalue weighted by molar-refractivity contribution is 5.33. The average Bonchev–Trinajstić information content (AvgIpc) is 2.46. The summed E-state index contributed by atoms with van der Waals surface area (Å²) in [6.45, 7) is 5.61. The van der Waals surface area contributed by atoms with E-state index in [-0.39, 0.29) is 0 Å². The molecule has 0 saturated carbocycles. The zero-order chi connectivity index (χ0) is 14.2. The summed E-state index contributed by atoms with van der Waals surface area (Å²) < 4.78 is 0. The Balaban J connectivity index is 1.62. The molecule has 0 heterocycles. The van der Waals surface area contributed by atoms with Crippen LogP contribution >= 0.6 is 0 Å². The van der Waals surface area contributed by atoms with Crippen molar-refractivity contribution >= 4 is 0 Å². The predicted octanol–water partition coefficient (Wildman–Crippen LogP) is 4.67. The van der Waals surface area contributed by atoms with E-state index >= 15 is 0 Å². The van der Waals surface area contributed by atoms with Gasteiger partial charge in [-0.2, -0.15) is 0 Å². The fourth-order valence-corrected chi connectivity index (χ4v) is 3.14. The lowest BCUT2D eigenvalue weighted by Gasteiger charge is -2.16. The smallest absolute Gasteiger partial charge is 0.00103 e. The van der Waals surface area contributed by atoms with Crippen LogP contribution in [0.5, 0.6) is 0 Å². The summed E-state index contributed by atoms with van der Waals surface area (Å²) in [6, 6.07) is 7.86. The normalized spacial score (nSPS) is 14.6. The zero-order valence-electron chi connectivity index (χ0n) is 13.4. The van der Waals surface area contributed by atoms with Gasteiger partial charge >= 0.3 is 0 Å². The number of fused-ring (bicyclic) bond motifs is 1. The van der Waals surface area contributed by atoms with Crippen LogP contribution in [-0.2, 0) is 19.3 Å². The molecule has 1 heteroatoms. The number of hydrogen-bond acceptors (Lipinski definition) is 1. The van der Waals surface area contributed by atoms with E-state index < -0.39 is 0 Å². The molecule has 0 aliphatic heterocycles. The second-order valence-corrected chi connectivity index (χ2v) is 6.58. The standard InChI is InChI=1S/C19H31N/c1-16(2)20-14-8-4-3-5-9-17-12-13-18-10-6-7-11-19(18)15-17/h12-13,15-16,20H,3-11,14H2,1-2H3. The first kappa shape index (κ1) is 15.6. The van der Waals surface area contributed by atoms with Crippen LogP contribution in [0.3, 0.4) is 0 Å². The molecule has 1 aromatic carbocycles. The molecule has 0 bridgehead atoms. The van der Waals surface area contributed by atoms with Crippen molar-refractivity contribution in [3.63, 3.8) is 0 Å². The lowest BCUT2D eigenvalue weighted by Crippen LogP contribution is -2.23. The van der Waals surface area contributed by atoms with Gasteiger partial charge in [0.15, 0.2) is 0 Å². The first-order valence-corrected chi connectivity index (χ1v) is 8.60. The fraction of sp³-hybridized carbons (Fsp3) is 0.684. The number of unbranched alkanes of at least 4 members (excludes halogenated alkanes) is 3. The molecule has 1 aromatic rings. The molecule has 0 aromatic heterocycles. The van der Waals surface area contributed by atoms with Crippen molar-refractivity contribution in [2.75, 3.05) is 6.54 Å². The molecule has 0 radical (unpaired) electrons. The number of hydrogen-bond donors (Lipinski definition) is 1. The van der Waals surface area contributed by atoms with Gasteiger partial charge in [-0.05, 0) is 68.2 Å². The molecule has 0 saturated heterocycles. The maximum atomic E-state index is 3.49. The van der Waals surface area contributed by atoms with Gasteiger partial charge in [0.2, 0.25) is 0 Å². The lowest BCUT2D eigenvalue weighted by molar-refractivity contribution is 0.541. The van der Waals surface area contributed by atoms with Gasteiger partial charge in [0.25, 0.3) is 0 Å². The van der Waals surface area contributed by atoms with E-state index in [9.17, 15) is 0 Å². The van der Waals surface area contributed by atoms with Crippen molar-refractivity contribution in [2.24, 2.45) is 0 Å². The summed E-state index contributed by atoms with van der Waals surface area (Å²) in [5.74, 6) is 0. The number of aryl methyl sites for hydroxylation is 3. The minimum atomic E-state index is 0.630. The van der Waals surface area contributed by atoms with E-state index in [0.717, 1.165) is 0 Å². The molecule has 2 rings (SSSR count). The van der Waals surface area contributed by atoms with E-state index in [1.807, 2.05) is 0 Å². The lowest BCUT2D eigenvalue weighted by atomic mass is 9.89. The van der Waals surface area contributed by atoms with Crippen LogP contribution < -0.4 is 5.32 Å². The first-order chi connectivity index (χ1) is 9.75. The van der Waals surface area contributed by atoms with E-state index in [1.54, 1.807) is 16.7 Å². The second-order valence-electron chi connectivity index (χ2n) is 6.58. The summed E-state index contributed by atoms with van der Waals surface area (Å²) in [4.78, 5) is 0. The molecule has 0 spiro atoms. The molecule has 1 nitrogen and oxygen atoms in total. The van der Waals surface area contributed by atoms with Gasteiger partial charge in [0.05, 0.1) is 0 Å². The molecule has 1 aliphatic rings. The number of rotatable bonds is 8. The van der Waals surface area contributed by atoms with Gasteiger partial charge in [-0.15, -0.1) is 0 Å². The van der Waals surface area contributed by atoms with Crippen molar-refractivity contribution < 1.29 is 0 Å². The SMILES string of the molecule is CC(C)NCCCCCCc1ccc2c(c1)CCCC2. The fourth-order valence-electron chi connectivity index (χ4n) is 3.14. The van der Waals surface area contributed by atoms with Crippen LogP contribution in [0.1, 0.15) is 69.1 Å². The molecular formula is C19H31N. The highest BCUT2D eigenvalue weighted by atomic mass is 14.9. The second kappa shape index (κ2) is 8.46. The molecule has 112 valence electrons. The summed E-state index contributed by atoms with van der Waals surface area (Å²) in [5.41, 5.74) is 4.81. The van der Waals surface area contributed by atoms with Crippen LogP contribution in [0.25, 0.3) is 0 Å². The third kappa shape index (κ3) is 5.28. The van der Waals surface area contributed by atoms with Crippen molar-refractivity contribution in [2.45, 2.75) is 77.7 Å². The molecule has 1 aliphatic carbocycles. The maximum absolute atomic E-state index is 3.49. The van der Waals surface area contributed by atoms with Crippen LogP contribution in [0, 0.1) is 0 Å². The van der Waals surface area contributed by atoms with Gasteiger partial charge in [-0.25, -0.2) is 0 Å². The minimum absolute atomic E-state index is 0.630. The zero-order valence-corrected chi connectivity index (χ0v) is 13.4. The van der Waals surface area contributed by atoms with E-state index in [1.165, 1.54) is 64.3 Å². The Bertz CT molecular complexity index is 395. The molecule has 0 amide bonds. The summed E-state index contributed by atoms with van der Waals surface area (Å²) in [5, 5.41) is 3.49. The van der Waals surface area contributed by atoms with Gasteiger partial charge < -0.3 is 5.32 Å². The van der Waals surface area contributed by atoms with Gasteiger partial charge in [-0.1, -0.05) is 44.9 Å². The monoisotopic (exact) mass is 273 g/mol.